The second-order valence-electron chi connectivity index (χ2n) is 4.62. The Bertz CT molecular complexity index is 561. The first kappa shape index (κ1) is 13.2. The first-order valence-electron chi connectivity index (χ1n) is 6.01. The molecule has 0 saturated carbocycles. The highest BCUT2D eigenvalue weighted by Gasteiger charge is 2.02. The highest BCUT2D eigenvalue weighted by atomic mass is 79.9. The zero-order chi connectivity index (χ0) is 13.1. The average Bonchev–Trinajstić information content (AvgIpc) is 2.32. The fraction of sp³-hybridized carbons (Fsp3) is 0.250. The third-order valence-corrected chi connectivity index (χ3v) is 3.60. The molecule has 0 saturated heterocycles. The van der Waals surface area contributed by atoms with E-state index < -0.39 is 0 Å². The van der Waals surface area contributed by atoms with Gasteiger partial charge in [-0.3, -0.25) is 0 Å². The van der Waals surface area contributed by atoms with Crippen LogP contribution >= 0.6 is 15.9 Å². The molecule has 0 aliphatic heterocycles. The lowest BCUT2D eigenvalue weighted by Gasteiger charge is -2.10. The van der Waals surface area contributed by atoms with Gasteiger partial charge in [-0.1, -0.05) is 34.1 Å². The molecule has 1 nitrogen and oxygen atoms in total. The standard InChI is InChI=1S/C16H17BrO/c1-11-4-5-14(8-12(11)2)10-18-16-7-6-15(17)9-13(16)3/h4-9H,10H2,1-3H3. The van der Waals surface area contributed by atoms with Gasteiger partial charge in [-0.15, -0.1) is 0 Å². The molecule has 0 aliphatic carbocycles. The monoisotopic (exact) mass is 304 g/mol. The molecule has 0 unspecified atom stereocenters. The minimum atomic E-state index is 0.615. The van der Waals surface area contributed by atoms with E-state index >= 15 is 0 Å². The summed E-state index contributed by atoms with van der Waals surface area (Å²) in [5.41, 5.74) is 4.98. The van der Waals surface area contributed by atoms with Crippen molar-refractivity contribution in [1.82, 2.24) is 0 Å². The summed E-state index contributed by atoms with van der Waals surface area (Å²) in [4.78, 5) is 0. The molecule has 2 rings (SSSR count). The minimum Gasteiger partial charge on any atom is -0.489 e. The maximum Gasteiger partial charge on any atom is 0.122 e. The first-order chi connectivity index (χ1) is 8.56. The zero-order valence-electron chi connectivity index (χ0n) is 11.0. The van der Waals surface area contributed by atoms with Crippen molar-refractivity contribution < 1.29 is 4.74 Å². The summed E-state index contributed by atoms with van der Waals surface area (Å²) in [5, 5.41) is 0. The third-order valence-electron chi connectivity index (χ3n) is 3.10. The lowest BCUT2D eigenvalue weighted by atomic mass is 10.1. The fourth-order valence-corrected chi connectivity index (χ4v) is 2.30. The molecule has 0 aliphatic rings. The van der Waals surface area contributed by atoms with Crippen LogP contribution in [-0.4, -0.2) is 0 Å². The molecule has 0 radical (unpaired) electrons. The van der Waals surface area contributed by atoms with Crippen molar-refractivity contribution in [3.05, 3.63) is 63.1 Å². The summed E-state index contributed by atoms with van der Waals surface area (Å²) in [7, 11) is 0. The fourth-order valence-electron chi connectivity index (χ4n) is 1.83. The van der Waals surface area contributed by atoms with Crippen molar-refractivity contribution in [2.24, 2.45) is 0 Å². The van der Waals surface area contributed by atoms with Crippen molar-refractivity contribution in [2.75, 3.05) is 0 Å². The molecule has 0 spiro atoms. The van der Waals surface area contributed by atoms with Gasteiger partial charge in [0.15, 0.2) is 0 Å². The molecule has 0 heterocycles. The molecule has 0 bridgehead atoms. The van der Waals surface area contributed by atoms with E-state index in [4.69, 9.17) is 4.74 Å². The van der Waals surface area contributed by atoms with Crippen molar-refractivity contribution >= 4 is 15.9 Å². The predicted octanol–water partition coefficient (Wildman–Crippen LogP) is 4.95. The van der Waals surface area contributed by atoms with Crippen LogP contribution in [0.2, 0.25) is 0 Å². The Morgan fingerprint density at radius 2 is 1.67 bits per heavy atom. The molecule has 0 atom stereocenters. The topological polar surface area (TPSA) is 9.23 Å². The summed E-state index contributed by atoms with van der Waals surface area (Å²) in [6.45, 7) is 6.92. The molecular weight excluding hydrogens is 288 g/mol. The van der Waals surface area contributed by atoms with Crippen LogP contribution in [0.5, 0.6) is 5.75 Å². The van der Waals surface area contributed by atoms with Crippen LogP contribution < -0.4 is 4.74 Å². The maximum absolute atomic E-state index is 5.85. The number of hydrogen-bond donors (Lipinski definition) is 0. The van der Waals surface area contributed by atoms with Crippen molar-refractivity contribution in [3.8, 4) is 5.75 Å². The molecule has 0 amide bonds. The van der Waals surface area contributed by atoms with Crippen LogP contribution in [0.25, 0.3) is 0 Å². The van der Waals surface area contributed by atoms with E-state index in [2.05, 4.69) is 61.0 Å². The predicted molar refractivity (Wildman–Crippen MR) is 79.1 cm³/mol. The van der Waals surface area contributed by atoms with Crippen LogP contribution in [0.1, 0.15) is 22.3 Å². The second kappa shape index (κ2) is 5.57. The van der Waals surface area contributed by atoms with Crippen LogP contribution in [-0.2, 0) is 6.61 Å². The molecule has 2 aromatic rings. The second-order valence-corrected chi connectivity index (χ2v) is 5.53. The molecule has 2 aromatic carbocycles. The Hall–Kier alpha value is -1.28. The Morgan fingerprint density at radius 3 is 2.33 bits per heavy atom. The zero-order valence-corrected chi connectivity index (χ0v) is 12.5. The number of hydrogen-bond acceptors (Lipinski definition) is 1. The highest BCUT2D eigenvalue weighted by molar-refractivity contribution is 9.10. The van der Waals surface area contributed by atoms with Crippen LogP contribution in [0, 0.1) is 20.8 Å². The minimum absolute atomic E-state index is 0.615. The molecule has 94 valence electrons. The number of ether oxygens (including phenoxy) is 1. The summed E-state index contributed by atoms with van der Waals surface area (Å²) in [6, 6.07) is 12.5. The van der Waals surface area contributed by atoms with E-state index in [1.54, 1.807) is 0 Å². The van der Waals surface area contributed by atoms with E-state index in [1.807, 2.05) is 12.1 Å². The smallest absolute Gasteiger partial charge is 0.122 e. The molecule has 0 fully saturated rings. The van der Waals surface area contributed by atoms with Crippen molar-refractivity contribution in [1.29, 1.82) is 0 Å². The van der Waals surface area contributed by atoms with Gasteiger partial charge < -0.3 is 4.74 Å². The average molecular weight is 305 g/mol. The van der Waals surface area contributed by atoms with Crippen LogP contribution in [0.4, 0.5) is 0 Å². The molecule has 2 heteroatoms. The lowest BCUT2D eigenvalue weighted by Crippen LogP contribution is -1.98. The Morgan fingerprint density at radius 1 is 0.889 bits per heavy atom. The number of halogens is 1. The van der Waals surface area contributed by atoms with Gasteiger partial charge in [-0.2, -0.15) is 0 Å². The number of rotatable bonds is 3. The van der Waals surface area contributed by atoms with E-state index in [9.17, 15) is 0 Å². The lowest BCUT2D eigenvalue weighted by molar-refractivity contribution is 0.304. The van der Waals surface area contributed by atoms with Gasteiger partial charge in [0.2, 0.25) is 0 Å². The summed E-state index contributed by atoms with van der Waals surface area (Å²) >= 11 is 3.45. The van der Waals surface area contributed by atoms with Gasteiger partial charge in [0, 0.05) is 4.47 Å². The normalized spacial score (nSPS) is 10.4. The summed E-state index contributed by atoms with van der Waals surface area (Å²) in [5.74, 6) is 0.941. The van der Waals surface area contributed by atoms with Crippen LogP contribution in [0.3, 0.4) is 0 Å². The SMILES string of the molecule is Cc1ccc(COc2ccc(Br)cc2C)cc1C. The Balaban J connectivity index is 2.09. The molecular formula is C16H17BrO. The van der Waals surface area contributed by atoms with E-state index in [0.29, 0.717) is 6.61 Å². The molecule has 18 heavy (non-hydrogen) atoms. The van der Waals surface area contributed by atoms with E-state index in [0.717, 1.165) is 15.8 Å². The van der Waals surface area contributed by atoms with Gasteiger partial charge in [0.05, 0.1) is 0 Å². The Kier molecular flexibility index (Phi) is 4.07. The largest absolute Gasteiger partial charge is 0.489 e. The Labute approximate surface area is 117 Å². The molecule has 0 N–H and O–H groups in total. The van der Waals surface area contributed by atoms with Crippen LogP contribution in [0.15, 0.2) is 40.9 Å². The summed E-state index contributed by atoms with van der Waals surface area (Å²) < 4.78 is 6.93. The van der Waals surface area contributed by atoms with Crippen molar-refractivity contribution in [2.45, 2.75) is 27.4 Å². The summed E-state index contributed by atoms with van der Waals surface area (Å²) in [6.07, 6.45) is 0. The van der Waals surface area contributed by atoms with Gasteiger partial charge in [-0.25, -0.2) is 0 Å². The number of benzene rings is 2. The van der Waals surface area contributed by atoms with Gasteiger partial charge in [0.25, 0.3) is 0 Å². The quantitative estimate of drug-likeness (QED) is 0.779. The highest BCUT2D eigenvalue weighted by Crippen LogP contribution is 2.23. The van der Waals surface area contributed by atoms with Gasteiger partial charge in [0.1, 0.15) is 12.4 Å². The van der Waals surface area contributed by atoms with Crippen molar-refractivity contribution in [3.63, 3.8) is 0 Å². The third kappa shape index (κ3) is 3.14. The van der Waals surface area contributed by atoms with Gasteiger partial charge in [-0.05, 0) is 61.2 Å². The van der Waals surface area contributed by atoms with E-state index in [-0.39, 0.29) is 0 Å². The maximum atomic E-state index is 5.85. The first-order valence-corrected chi connectivity index (χ1v) is 6.80. The van der Waals surface area contributed by atoms with E-state index in [1.165, 1.54) is 16.7 Å². The number of aryl methyl sites for hydroxylation is 3. The molecule has 0 aromatic heterocycles. The van der Waals surface area contributed by atoms with Gasteiger partial charge >= 0.3 is 0 Å².